The van der Waals surface area contributed by atoms with Gasteiger partial charge in [0.15, 0.2) is 0 Å². The highest BCUT2D eigenvalue weighted by molar-refractivity contribution is 5.11. The predicted octanol–water partition coefficient (Wildman–Crippen LogP) is 2.22. The van der Waals surface area contributed by atoms with E-state index in [1.54, 1.807) is 0 Å². The SMILES string of the molecule is CCCC[C@@H]1C=CC=CN1. The van der Waals surface area contributed by atoms with E-state index in [1.807, 2.05) is 12.3 Å². The molecule has 1 atom stereocenters. The molecule has 1 aliphatic heterocycles. The second kappa shape index (κ2) is 4.15. The van der Waals surface area contributed by atoms with Crippen molar-refractivity contribution in [1.29, 1.82) is 0 Å². The van der Waals surface area contributed by atoms with Crippen molar-refractivity contribution >= 4 is 0 Å². The normalized spacial score (nSPS) is 22.7. The van der Waals surface area contributed by atoms with Crippen molar-refractivity contribution in [2.45, 2.75) is 32.2 Å². The molecule has 0 spiro atoms. The van der Waals surface area contributed by atoms with Crippen LogP contribution in [0.1, 0.15) is 26.2 Å². The maximum absolute atomic E-state index is 3.29. The summed E-state index contributed by atoms with van der Waals surface area (Å²) >= 11 is 0. The van der Waals surface area contributed by atoms with Gasteiger partial charge in [0.2, 0.25) is 0 Å². The zero-order chi connectivity index (χ0) is 7.23. The number of nitrogens with one attached hydrogen (secondary N) is 1. The Balaban J connectivity index is 2.17. The van der Waals surface area contributed by atoms with Gasteiger partial charge in [0.25, 0.3) is 0 Å². The molecule has 1 rings (SSSR count). The summed E-state index contributed by atoms with van der Waals surface area (Å²) < 4.78 is 0. The Labute approximate surface area is 62.8 Å². The molecule has 0 aliphatic carbocycles. The highest BCUT2D eigenvalue weighted by atomic mass is 14.9. The van der Waals surface area contributed by atoms with Crippen LogP contribution >= 0.6 is 0 Å². The van der Waals surface area contributed by atoms with Gasteiger partial charge in [-0.05, 0) is 18.7 Å². The Morgan fingerprint density at radius 1 is 1.40 bits per heavy atom. The number of dihydropyridines is 1. The predicted molar refractivity (Wildman–Crippen MR) is 44.7 cm³/mol. The Kier molecular flexibility index (Phi) is 3.07. The summed E-state index contributed by atoms with van der Waals surface area (Å²) in [6.07, 6.45) is 12.2. The molecule has 10 heavy (non-hydrogen) atoms. The van der Waals surface area contributed by atoms with Crippen LogP contribution in [0.5, 0.6) is 0 Å². The van der Waals surface area contributed by atoms with Crippen molar-refractivity contribution in [3.05, 3.63) is 24.4 Å². The molecule has 1 heteroatoms. The Morgan fingerprint density at radius 2 is 2.30 bits per heavy atom. The number of allylic oxidation sites excluding steroid dienone is 2. The number of hydrogen-bond donors (Lipinski definition) is 1. The van der Waals surface area contributed by atoms with E-state index >= 15 is 0 Å². The third-order valence-electron chi connectivity index (χ3n) is 1.73. The van der Waals surface area contributed by atoms with Gasteiger partial charge < -0.3 is 5.32 Å². The zero-order valence-corrected chi connectivity index (χ0v) is 6.51. The maximum Gasteiger partial charge on any atom is 0.0441 e. The zero-order valence-electron chi connectivity index (χ0n) is 6.51. The Morgan fingerprint density at radius 3 is 2.90 bits per heavy atom. The second-order valence-electron chi connectivity index (χ2n) is 2.66. The monoisotopic (exact) mass is 137 g/mol. The van der Waals surface area contributed by atoms with Gasteiger partial charge in [0, 0.05) is 6.04 Å². The van der Waals surface area contributed by atoms with Gasteiger partial charge in [-0.15, -0.1) is 0 Å². The minimum absolute atomic E-state index is 0.588. The molecule has 0 fully saturated rings. The van der Waals surface area contributed by atoms with Crippen molar-refractivity contribution in [3.63, 3.8) is 0 Å². The van der Waals surface area contributed by atoms with E-state index in [4.69, 9.17) is 0 Å². The van der Waals surface area contributed by atoms with Crippen LogP contribution in [0.25, 0.3) is 0 Å². The largest absolute Gasteiger partial charge is 0.385 e. The van der Waals surface area contributed by atoms with E-state index in [9.17, 15) is 0 Å². The minimum atomic E-state index is 0.588. The van der Waals surface area contributed by atoms with Crippen molar-refractivity contribution in [1.82, 2.24) is 5.32 Å². The lowest BCUT2D eigenvalue weighted by atomic mass is 10.1. The standard InChI is InChI=1S/C9H15N/c1-2-3-6-9-7-4-5-8-10-9/h4-5,7-10H,2-3,6H2,1H3/t9-/m1/s1. The minimum Gasteiger partial charge on any atom is -0.385 e. The van der Waals surface area contributed by atoms with E-state index in [0.29, 0.717) is 6.04 Å². The van der Waals surface area contributed by atoms with Crippen LogP contribution in [0.4, 0.5) is 0 Å². The third kappa shape index (κ3) is 2.26. The third-order valence-corrected chi connectivity index (χ3v) is 1.73. The molecule has 0 bridgehead atoms. The molecular formula is C9H15N. The van der Waals surface area contributed by atoms with Gasteiger partial charge in [0.1, 0.15) is 0 Å². The first kappa shape index (κ1) is 7.39. The van der Waals surface area contributed by atoms with Gasteiger partial charge >= 0.3 is 0 Å². The van der Waals surface area contributed by atoms with Crippen LogP contribution in [-0.4, -0.2) is 6.04 Å². The summed E-state index contributed by atoms with van der Waals surface area (Å²) in [5.74, 6) is 0. The molecule has 0 aromatic carbocycles. The molecule has 1 N–H and O–H groups in total. The van der Waals surface area contributed by atoms with Crippen LogP contribution in [-0.2, 0) is 0 Å². The molecule has 1 nitrogen and oxygen atoms in total. The maximum atomic E-state index is 3.29. The van der Waals surface area contributed by atoms with Crippen molar-refractivity contribution in [2.75, 3.05) is 0 Å². The number of hydrogen-bond acceptors (Lipinski definition) is 1. The highest BCUT2D eigenvalue weighted by Crippen LogP contribution is 2.04. The lowest BCUT2D eigenvalue weighted by Crippen LogP contribution is -2.22. The van der Waals surface area contributed by atoms with E-state index in [2.05, 4.69) is 24.4 Å². The van der Waals surface area contributed by atoms with Crippen LogP contribution in [0.2, 0.25) is 0 Å². The topological polar surface area (TPSA) is 12.0 Å². The molecule has 0 unspecified atom stereocenters. The molecule has 0 saturated carbocycles. The van der Waals surface area contributed by atoms with Crippen LogP contribution in [0.3, 0.4) is 0 Å². The molecule has 0 amide bonds. The van der Waals surface area contributed by atoms with Gasteiger partial charge in [-0.25, -0.2) is 0 Å². The highest BCUT2D eigenvalue weighted by Gasteiger charge is 2.00. The number of rotatable bonds is 3. The van der Waals surface area contributed by atoms with Gasteiger partial charge in [-0.1, -0.05) is 31.9 Å². The lowest BCUT2D eigenvalue weighted by molar-refractivity contribution is 0.593. The van der Waals surface area contributed by atoms with Crippen LogP contribution in [0, 0.1) is 0 Å². The summed E-state index contributed by atoms with van der Waals surface area (Å²) in [5.41, 5.74) is 0. The van der Waals surface area contributed by atoms with Crippen LogP contribution < -0.4 is 5.32 Å². The molecule has 0 aromatic rings. The molecule has 1 aliphatic rings. The molecule has 0 saturated heterocycles. The van der Waals surface area contributed by atoms with E-state index in [1.165, 1.54) is 19.3 Å². The first-order chi connectivity index (χ1) is 4.93. The molecule has 0 radical (unpaired) electrons. The van der Waals surface area contributed by atoms with E-state index in [0.717, 1.165) is 0 Å². The quantitative estimate of drug-likeness (QED) is 0.629. The molecular weight excluding hydrogens is 122 g/mol. The lowest BCUT2D eigenvalue weighted by Gasteiger charge is -2.14. The fourth-order valence-corrected chi connectivity index (χ4v) is 1.09. The first-order valence-electron chi connectivity index (χ1n) is 4.03. The molecule has 0 aromatic heterocycles. The van der Waals surface area contributed by atoms with E-state index < -0.39 is 0 Å². The van der Waals surface area contributed by atoms with Gasteiger partial charge in [-0.3, -0.25) is 0 Å². The summed E-state index contributed by atoms with van der Waals surface area (Å²) in [4.78, 5) is 0. The molecule has 56 valence electrons. The van der Waals surface area contributed by atoms with Gasteiger partial charge in [0.05, 0.1) is 0 Å². The van der Waals surface area contributed by atoms with Crippen molar-refractivity contribution < 1.29 is 0 Å². The summed E-state index contributed by atoms with van der Waals surface area (Å²) in [5, 5.41) is 3.29. The first-order valence-corrected chi connectivity index (χ1v) is 4.03. The Hall–Kier alpha value is -0.720. The average Bonchev–Trinajstić information content (AvgIpc) is 2.03. The van der Waals surface area contributed by atoms with E-state index in [-0.39, 0.29) is 0 Å². The fraction of sp³-hybridized carbons (Fsp3) is 0.556. The van der Waals surface area contributed by atoms with Crippen molar-refractivity contribution in [3.8, 4) is 0 Å². The second-order valence-corrected chi connectivity index (χ2v) is 2.66. The average molecular weight is 137 g/mol. The van der Waals surface area contributed by atoms with Crippen molar-refractivity contribution in [2.24, 2.45) is 0 Å². The molecule has 1 heterocycles. The summed E-state index contributed by atoms with van der Waals surface area (Å²) in [6, 6.07) is 0.588. The summed E-state index contributed by atoms with van der Waals surface area (Å²) in [6.45, 7) is 2.22. The van der Waals surface area contributed by atoms with Gasteiger partial charge in [-0.2, -0.15) is 0 Å². The summed E-state index contributed by atoms with van der Waals surface area (Å²) in [7, 11) is 0. The van der Waals surface area contributed by atoms with Crippen LogP contribution in [0.15, 0.2) is 24.4 Å². The fourth-order valence-electron chi connectivity index (χ4n) is 1.09. The Bertz CT molecular complexity index is 136. The smallest absolute Gasteiger partial charge is 0.0441 e. The number of unbranched alkanes of at least 4 members (excludes halogenated alkanes) is 1.